The maximum atomic E-state index is 4.42. The third-order valence-corrected chi connectivity index (χ3v) is 3.04. The molecule has 0 fully saturated rings. The van der Waals surface area contributed by atoms with Gasteiger partial charge in [0.1, 0.15) is 0 Å². The van der Waals surface area contributed by atoms with E-state index in [0.717, 1.165) is 17.9 Å². The molecule has 0 radical (unpaired) electrons. The van der Waals surface area contributed by atoms with Gasteiger partial charge in [0.05, 0.1) is 6.20 Å². The molecule has 0 spiro atoms. The van der Waals surface area contributed by atoms with Gasteiger partial charge in [-0.15, -0.1) is 5.10 Å². The van der Waals surface area contributed by atoms with E-state index in [0.29, 0.717) is 12.0 Å². The Labute approximate surface area is 119 Å². The lowest BCUT2D eigenvalue weighted by molar-refractivity contribution is 0.755. The molecule has 1 heterocycles. The van der Waals surface area contributed by atoms with Crippen molar-refractivity contribution >= 4 is 17.5 Å². The normalized spacial score (nSPS) is 12.0. The molecule has 0 bridgehead atoms. The van der Waals surface area contributed by atoms with E-state index in [1.807, 2.05) is 0 Å². The van der Waals surface area contributed by atoms with Crippen molar-refractivity contribution in [3.63, 3.8) is 0 Å². The Morgan fingerprint density at radius 2 is 1.85 bits per heavy atom. The van der Waals surface area contributed by atoms with Crippen LogP contribution in [0.3, 0.4) is 0 Å². The summed E-state index contributed by atoms with van der Waals surface area (Å²) in [5.74, 6) is 1.24. The van der Waals surface area contributed by atoms with Crippen molar-refractivity contribution < 1.29 is 0 Å². The van der Waals surface area contributed by atoms with Crippen molar-refractivity contribution in [2.75, 3.05) is 10.6 Å². The molecule has 0 aliphatic carbocycles. The van der Waals surface area contributed by atoms with Crippen molar-refractivity contribution in [1.82, 2.24) is 15.2 Å². The van der Waals surface area contributed by atoms with Gasteiger partial charge in [-0.05, 0) is 50.5 Å². The Bertz CT molecular complexity index is 562. The zero-order chi connectivity index (χ0) is 14.5. The molecular formula is C15H21N5. The number of benzene rings is 1. The van der Waals surface area contributed by atoms with Gasteiger partial charge in [-0.3, -0.25) is 0 Å². The second-order valence-corrected chi connectivity index (χ2v) is 5.12. The lowest BCUT2D eigenvalue weighted by Crippen LogP contribution is -2.15. The van der Waals surface area contributed by atoms with Crippen molar-refractivity contribution in [3.05, 3.63) is 35.5 Å². The van der Waals surface area contributed by atoms with Crippen molar-refractivity contribution in [1.29, 1.82) is 0 Å². The standard InChI is InChI=1S/C15H21N5/c1-5-12(4)17-14-9-16-20-15(19-14)18-13-7-10(2)6-11(3)8-13/h6-9,12H,5H2,1-4H3,(H2,17,18,19,20). The summed E-state index contributed by atoms with van der Waals surface area (Å²) in [4.78, 5) is 4.42. The minimum Gasteiger partial charge on any atom is -0.366 e. The molecule has 0 aliphatic rings. The second-order valence-electron chi connectivity index (χ2n) is 5.12. The third kappa shape index (κ3) is 3.91. The Hall–Kier alpha value is -2.17. The third-order valence-electron chi connectivity index (χ3n) is 3.04. The quantitative estimate of drug-likeness (QED) is 0.872. The van der Waals surface area contributed by atoms with Gasteiger partial charge in [-0.1, -0.05) is 13.0 Å². The van der Waals surface area contributed by atoms with Crippen LogP contribution in [-0.4, -0.2) is 21.2 Å². The number of anilines is 3. The number of aromatic nitrogens is 3. The van der Waals surface area contributed by atoms with Crippen molar-refractivity contribution in [3.8, 4) is 0 Å². The van der Waals surface area contributed by atoms with Crippen LogP contribution in [-0.2, 0) is 0 Å². The predicted molar refractivity (Wildman–Crippen MR) is 82.4 cm³/mol. The summed E-state index contributed by atoms with van der Waals surface area (Å²) >= 11 is 0. The average molecular weight is 271 g/mol. The minimum atomic E-state index is 0.362. The van der Waals surface area contributed by atoms with Gasteiger partial charge in [-0.2, -0.15) is 10.1 Å². The first-order valence-electron chi connectivity index (χ1n) is 6.88. The van der Waals surface area contributed by atoms with Crippen LogP contribution in [0.2, 0.25) is 0 Å². The summed E-state index contributed by atoms with van der Waals surface area (Å²) in [5.41, 5.74) is 3.38. The Morgan fingerprint density at radius 1 is 1.15 bits per heavy atom. The van der Waals surface area contributed by atoms with E-state index < -0.39 is 0 Å². The topological polar surface area (TPSA) is 62.7 Å². The lowest BCUT2D eigenvalue weighted by atomic mass is 10.1. The molecule has 1 aromatic carbocycles. The van der Waals surface area contributed by atoms with Crippen molar-refractivity contribution in [2.24, 2.45) is 0 Å². The SMILES string of the molecule is CCC(C)Nc1cnnc(Nc2cc(C)cc(C)c2)n1. The maximum absolute atomic E-state index is 4.42. The van der Waals surface area contributed by atoms with E-state index in [9.17, 15) is 0 Å². The molecule has 0 aliphatic heterocycles. The highest BCUT2D eigenvalue weighted by Gasteiger charge is 2.04. The zero-order valence-corrected chi connectivity index (χ0v) is 12.4. The van der Waals surface area contributed by atoms with E-state index in [1.54, 1.807) is 6.20 Å². The number of nitrogens with zero attached hydrogens (tertiary/aromatic N) is 3. The molecule has 5 heteroatoms. The first-order chi connectivity index (χ1) is 9.56. The van der Waals surface area contributed by atoms with Crippen LogP contribution in [0.15, 0.2) is 24.4 Å². The highest BCUT2D eigenvalue weighted by Crippen LogP contribution is 2.17. The summed E-state index contributed by atoms with van der Waals surface area (Å²) < 4.78 is 0. The van der Waals surface area contributed by atoms with E-state index in [2.05, 4.69) is 71.7 Å². The summed E-state index contributed by atoms with van der Waals surface area (Å²) in [6.45, 7) is 8.37. The fraction of sp³-hybridized carbons (Fsp3) is 0.400. The Kier molecular flexibility index (Phi) is 4.50. The van der Waals surface area contributed by atoms with Gasteiger partial charge in [0.25, 0.3) is 0 Å². The van der Waals surface area contributed by atoms with Crippen LogP contribution in [0, 0.1) is 13.8 Å². The van der Waals surface area contributed by atoms with Gasteiger partial charge in [0, 0.05) is 11.7 Å². The molecule has 0 saturated carbocycles. The van der Waals surface area contributed by atoms with E-state index in [4.69, 9.17) is 0 Å². The summed E-state index contributed by atoms with van der Waals surface area (Å²) in [7, 11) is 0. The molecule has 106 valence electrons. The average Bonchev–Trinajstić information content (AvgIpc) is 2.37. The van der Waals surface area contributed by atoms with Crippen LogP contribution in [0.5, 0.6) is 0 Å². The molecule has 0 amide bonds. The number of aryl methyl sites for hydroxylation is 2. The number of rotatable bonds is 5. The Balaban J connectivity index is 2.15. The minimum absolute atomic E-state index is 0.362. The van der Waals surface area contributed by atoms with Gasteiger partial charge in [0.2, 0.25) is 5.95 Å². The number of hydrogen-bond acceptors (Lipinski definition) is 5. The molecule has 2 aromatic rings. The summed E-state index contributed by atoms with van der Waals surface area (Å²) in [6.07, 6.45) is 2.67. The van der Waals surface area contributed by atoms with E-state index in [1.165, 1.54) is 11.1 Å². The molecule has 1 unspecified atom stereocenters. The molecule has 0 saturated heterocycles. The summed E-state index contributed by atoms with van der Waals surface area (Å²) in [6, 6.07) is 6.61. The molecular weight excluding hydrogens is 250 g/mol. The molecule has 2 N–H and O–H groups in total. The molecule has 1 atom stereocenters. The second kappa shape index (κ2) is 6.32. The fourth-order valence-electron chi connectivity index (χ4n) is 1.96. The highest BCUT2D eigenvalue weighted by atomic mass is 15.3. The number of nitrogens with one attached hydrogen (secondary N) is 2. The molecule has 1 aromatic heterocycles. The lowest BCUT2D eigenvalue weighted by Gasteiger charge is -2.12. The van der Waals surface area contributed by atoms with Crippen LogP contribution in [0.4, 0.5) is 17.5 Å². The maximum Gasteiger partial charge on any atom is 0.249 e. The van der Waals surface area contributed by atoms with E-state index in [-0.39, 0.29) is 0 Å². The number of hydrogen-bond donors (Lipinski definition) is 2. The first kappa shape index (κ1) is 14.2. The zero-order valence-electron chi connectivity index (χ0n) is 12.4. The van der Waals surface area contributed by atoms with Crippen LogP contribution >= 0.6 is 0 Å². The smallest absolute Gasteiger partial charge is 0.249 e. The molecule has 20 heavy (non-hydrogen) atoms. The van der Waals surface area contributed by atoms with Gasteiger partial charge in [0.15, 0.2) is 5.82 Å². The van der Waals surface area contributed by atoms with Gasteiger partial charge >= 0.3 is 0 Å². The highest BCUT2D eigenvalue weighted by molar-refractivity contribution is 5.56. The largest absolute Gasteiger partial charge is 0.366 e. The van der Waals surface area contributed by atoms with Gasteiger partial charge in [-0.25, -0.2) is 0 Å². The Morgan fingerprint density at radius 3 is 2.50 bits per heavy atom. The van der Waals surface area contributed by atoms with Gasteiger partial charge < -0.3 is 10.6 Å². The predicted octanol–water partition coefficient (Wildman–Crippen LogP) is 3.44. The first-order valence-corrected chi connectivity index (χ1v) is 6.88. The van der Waals surface area contributed by atoms with Crippen LogP contribution in [0.25, 0.3) is 0 Å². The molecule has 2 rings (SSSR count). The summed E-state index contributed by atoms with van der Waals surface area (Å²) in [5, 5.41) is 14.5. The van der Waals surface area contributed by atoms with E-state index >= 15 is 0 Å². The van der Waals surface area contributed by atoms with Crippen LogP contribution < -0.4 is 10.6 Å². The van der Waals surface area contributed by atoms with Crippen LogP contribution in [0.1, 0.15) is 31.4 Å². The monoisotopic (exact) mass is 271 g/mol. The molecule has 5 nitrogen and oxygen atoms in total. The fourth-order valence-corrected chi connectivity index (χ4v) is 1.96. The van der Waals surface area contributed by atoms with Crippen molar-refractivity contribution in [2.45, 2.75) is 40.2 Å².